The van der Waals surface area contributed by atoms with Crippen molar-refractivity contribution < 1.29 is 9.18 Å². The monoisotopic (exact) mass is 337 g/mol. The first-order valence-corrected chi connectivity index (χ1v) is 7.53. The molecular weight excluding hydrogens is 321 g/mol. The normalized spacial score (nSPS) is 10.3. The van der Waals surface area contributed by atoms with Crippen molar-refractivity contribution in [2.24, 2.45) is 0 Å². The van der Waals surface area contributed by atoms with Gasteiger partial charge in [-0.3, -0.25) is 0 Å². The molecule has 3 rings (SSSR count). The molecule has 0 atom stereocenters. The van der Waals surface area contributed by atoms with Crippen molar-refractivity contribution in [3.05, 3.63) is 66.2 Å². The van der Waals surface area contributed by atoms with Crippen LogP contribution in [0.1, 0.15) is 5.56 Å². The zero-order valence-electron chi connectivity index (χ0n) is 13.5. The van der Waals surface area contributed by atoms with Gasteiger partial charge in [-0.05, 0) is 42.3 Å². The van der Waals surface area contributed by atoms with Crippen LogP contribution in [0.3, 0.4) is 0 Å². The van der Waals surface area contributed by atoms with Gasteiger partial charge in [-0.15, -0.1) is 0 Å². The van der Waals surface area contributed by atoms with E-state index in [1.54, 1.807) is 36.7 Å². The number of carbonyl (C=O) groups excluding carboxylic acids is 1. The lowest BCUT2D eigenvalue weighted by atomic mass is 10.1. The van der Waals surface area contributed by atoms with E-state index in [4.69, 9.17) is 5.73 Å². The SMILES string of the molecule is Cc1ccc(F)c(NC(=O)Nc2ccc(-c3cnc(N)nc3)cc2)c1. The van der Waals surface area contributed by atoms with E-state index in [0.29, 0.717) is 5.69 Å². The molecule has 2 amide bonds. The molecular formula is C18H16FN5O. The average molecular weight is 337 g/mol. The number of carbonyl (C=O) groups is 1. The summed E-state index contributed by atoms with van der Waals surface area (Å²) in [6.07, 6.45) is 3.25. The van der Waals surface area contributed by atoms with Crippen LogP contribution < -0.4 is 16.4 Å². The molecule has 0 bridgehead atoms. The number of hydrogen-bond donors (Lipinski definition) is 3. The second-order valence-electron chi connectivity index (χ2n) is 5.47. The molecule has 4 N–H and O–H groups in total. The maximum absolute atomic E-state index is 13.7. The average Bonchev–Trinajstić information content (AvgIpc) is 2.59. The standard InChI is InChI=1S/C18H16FN5O/c1-11-2-7-15(19)16(8-11)24-18(25)23-14-5-3-12(4-6-14)13-9-21-17(20)22-10-13/h2-10H,1H3,(H2,20,21,22)(H2,23,24,25). The van der Waals surface area contributed by atoms with E-state index in [9.17, 15) is 9.18 Å². The summed E-state index contributed by atoms with van der Waals surface area (Å²) in [6, 6.07) is 11.1. The van der Waals surface area contributed by atoms with E-state index < -0.39 is 11.8 Å². The smallest absolute Gasteiger partial charge is 0.323 e. The van der Waals surface area contributed by atoms with E-state index in [2.05, 4.69) is 20.6 Å². The Balaban J connectivity index is 1.67. The fourth-order valence-corrected chi connectivity index (χ4v) is 2.25. The van der Waals surface area contributed by atoms with E-state index in [1.165, 1.54) is 6.07 Å². The Morgan fingerprint density at radius 2 is 1.68 bits per heavy atom. The molecule has 0 unspecified atom stereocenters. The number of halogens is 1. The number of nitrogens with two attached hydrogens (primary N) is 1. The first-order valence-electron chi connectivity index (χ1n) is 7.53. The number of nitrogen functional groups attached to an aromatic ring is 1. The number of nitrogens with one attached hydrogen (secondary N) is 2. The van der Waals surface area contributed by atoms with Gasteiger partial charge in [0.2, 0.25) is 5.95 Å². The zero-order valence-corrected chi connectivity index (χ0v) is 13.5. The third kappa shape index (κ3) is 4.08. The topological polar surface area (TPSA) is 92.9 Å². The summed E-state index contributed by atoms with van der Waals surface area (Å²) in [5, 5.41) is 5.15. The zero-order chi connectivity index (χ0) is 17.8. The quantitative estimate of drug-likeness (QED) is 0.677. The first kappa shape index (κ1) is 16.4. The third-order valence-electron chi connectivity index (χ3n) is 3.52. The van der Waals surface area contributed by atoms with Crippen molar-refractivity contribution in [2.45, 2.75) is 6.92 Å². The lowest BCUT2D eigenvalue weighted by molar-refractivity contribution is 0.262. The minimum absolute atomic E-state index is 0.133. The molecule has 6 nitrogen and oxygen atoms in total. The number of benzene rings is 2. The molecule has 7 heteroatoms. The highest BCUT2D eigenvalue weighted by molar-refractivity contribution is 6.00. The minimum atomic E-state index is -0.520. The Morgan fingerprint density at radius 1 is 1.00 bits per heavy atom. The number of rotatable bonds is 3. The van der Waals surface area contributed by atoms with Crippen molar-refractivity contribution in [1.82, 2.24) is 9.97 Å². The molecule has 3 aromatic rings. The van der Waals surface area contributed by atoms with Gasteiger partial charge in [-0.1, -0.05) is 18.2 Å². The number of anilines is 3. The Kier molecular flexibility index (Phi) is 4.56. The first-order chi connectivity index (χ1) is 12.0. The van der Waals surface area contributed by atoms with Crippen molar-refractivity contribution in [3.63, 3.8) is 0 Å². The summed E-state index contributed by atoms with van der Waals surface area (Å²) in [7, 11) is 0. The molecule has 0 saturated heterocycles. The highest BCUT2D eigenvalue weighted by atomic mass is 19.1. The van der Waals surface area contributed by atoms with Crippen LogP contribution in [0.15, 0.2) is 54.9 Å². The predicted octanol–water partition coefficient (Wildman–Crippen LogP) is 3.82. The van der Waals surface area contributed by atoms with Crippen LogP contribution in [0.4, 0.5) is 26.5 Å². The van der Waals surface area contributed by atoms with Crippen LogP contribution in [0, 0.1) is 12.7 Å². The molecule has 0 aliphatic rings. The van der Waals surface area contributed by atoms with Gasteiger partial charge in [0.05, 0.1) is 5.69 Å². The van der Waals surface area contributed by atoms with Crippen molar-refractivity contribution in [2.75, 3.05) is 16.4 Å². The lowest BCUT2D eigenvalue weighted by Gasteiger charge is -2.10. The van der Waals surface area contributed by atoms with E-state index >= 15 is 0 Å². The highest BCUT2D eigenvalue weighted by Crippen LogP contribution is 2.21. The molecule has 0 fully saturated rings. The Bertz CT molecular complexity index is 894. The molecule has 0 saturated carbocycles. The minimum Gasteiger partial charge on any atom is -0.368 e. The maximum atomic E-state index is 13.7. The number of urea groups is 1. The van der Waals surface area contributed by atoms with Crippen molar-refractivity contribution in [1.29, 1.82) is 0 Å². The van der Waals surface area contributed by atoms with Crippen molar-refractivity contribution >= 4 is 23.4 Å². The summed E-state index contributed by atoms with van der Waals surface area (Å²) >= 11 is 0. The Hall–Kier alpha value is -3.48. The summed E-state index contributed by atoms with van der Waals surface area (Å²) < 4.78 is 13.7. The maximum Gasteiger partial charge on any atom is 0.323 e. The van der Waals surface area contributed by atoms with Crippen LogP contribution in [0.5, 0.6) is 0 Å². The number of amides is 2. The van der Waals surface area contributed by atoms with Crippen LogP contribution in [-0.2, 0) is 0 Å². The van der Waals surface area contributed by atoms with Gasteiger partial charge in [0, 0.05) is 23.6 Å². The molecule has 25 heavy (non-hydrogen) atoms. The summed E-state index contributed by atoms with van der Waals surface area (Å²) in [5.74, 6) is -0.276. The van der Waals surface area contributed by atoms with Crippen LogP contribution in [-0.4, -0.2) is 16.0 Å². The molecule has 0 aliphatic heterocycles. The van der Waals surface area contributed by atoms with E-state index in [1.807, 2.05) is 19.1 Å². The van der Waals surface area contributed by atoms with Crippen LogP contribution in [0.2, 0.25) is 0 Å². The highest BCUT2D eigenvalue weighted by Gasteiger charge is 2.08. The van der Waals surface area contributed by atoms with Gasteiger partial charge in [-0.2, -0.15) is 0 Å². The molecule has 2 aromatic carbocycles. The number of nitrogens with zero attached hydrogens (tertiary/aromatic N) is 2. The van der Waals surface area contributed by atoms with Crippen LogP contribution in [0.25, 0.3) is 11.1 Å². The lowest BCUT2D eigenvalue weighted by Crippen LogP contribution is -2.20. The Labute approximate surface area is 143 Å². The molecule has 126 valence electrons. The third-order valence-corrected chi connectivity index (χ3v) is 3.52. The van der Waals surface area contributed by atoms with Crippen molar-refractivity contribution in [3.8, 4) is 11.1 Å². The molecule has 0 aliphatic carbocycles. The van der Waals surface area contributed by atoms with Gasteiger partial charge >= 0.3 is 6.03 Å². The number of aryl methyl sites for hydroxylation is 1. The molecule has 1 heterocycles. The van der Waals surface area contributed by atoms with Gasteiger partial charge in [0.15, 0.2) is 0 Å². The largest absolute Gasteiger partial charge is 0.368 e. The van der Waals surface area contributed by atoms with Gasteiger partial charge < -0.3 is 16.4 Å². The van der Waals surface area contributed by atoms with E-state index in [-0.39, 0.29) is 11.6 Å². The number of aromatic nitrogens is 2. The van der Waals surface area contributed by atoms with Gasteiger partial charge in [-0.25, -0.2) is 19.2 Å². The summed E-state index contributed by atoms with van der Waals surface area (Å²) in [4.78, 5) is 19.9. The molecule has 1 aromatic heterocycles. The fraction of sp³-hybridized carbons (Fsp3) is 0.0556. The second kappa shape index (κ2) is 6.96. The van der Waals surface area contributed by atoms with Gasteiger partial charge in [0.1, 0.15) is 5.82 Å². The predicted molar refractivity (Wildman–Crippen MR) is 95.7 cm³/mol. The van der Waals surface area contributed by atoms with Crippen LogP contribution >= 0.6 is 0 Å². The summed E-state index contributed by atoms with van der Waals surface area (Å²) in [5.41, 5.74) is 8.72. The molecule has 0 spiro atoms. The fourth-order valence-electron chi connectivity index (χ4n) is 2.25. The Morgan fingerprint density at radius 3 is 2.36 bits per heavy atom. The second-order valence-corrected chi connectivity index (χ2v) is 5.47. The summed E-state index contributed by atoms with van der Waals surface area (Å²) in [6.45, 7) is 1.82. The van der Waals surface area contributed by atoms with E-state index in [0.717, 1.165) is 16.7 Å². The van der Waals surface area contributed by atoms with Gasteiger partial charge in [0.25, 0.3) is 0 Å². The molecule has 0 radical (unpaired) electrons. The number of hydrogen-bond acceptors (Lipinski definition) is 4.